The van der Waals surface area contributed by atoms with Crippen LogP contribution in [-0.2, 0) is 6.61 Å². The van der Waals surface area contributed by atoms with E-state index >= 15 is 0 Å². The molecule has 0 aliphatic rings. The van der Waals surface area contributed by atoms with Crippen LogP contribution in [0.25, 0.3) is 21.5 Å². The minimum absolute atomic E-state index is 0.360. The van der Waals surface area contributed by atoms with Crippen molar-refractivity contribution < 1.29 is 19.0 Å². The third kappa shape index (κ3) is 5.23. The number of amides is 1. The number of carbonyl (C=O) groups is 1. The van der Waals surface area contributed by atoms with Crippen LogP contribution in [0.3, 0.4) is 0 Å². The Balaban J connectivity index is 1.28. The molecule has 0 spiro atoms. The van der Waals surface area contributed by atoms with Gasteiger partial charge in [0.2, 0.25) is 0 Å². The quantitative estimate of drug-likeness (QED) is 0.203. The number of rotatable bonds is 8. The Hall–Kier alpha value is -4.84. The van der Waals surface area contributed by atoms with E-state index in [9.17, 15) is 4.79 Å². The molecule has 1 N–H and O–H groups in total. The van der Waals surface area contributed by atoms with Gasteiger partial charge in [-0.15, -0.1) is 0 Å². The van der Waals surface area contributed by atoms with E-state index < -0.39 is 0 Å². The largest absolute Gasteiger partial charge is 0.496 e. The van der Waals surface area contributed by atoms with E-state index in [1.54, 1.807) is 26.5 Å². The average molecular weight is 491 g/mol. The zero-order chi connectivity index (χ0) is 25.6. The smallest absolute Gasteiger partial charge is 0.275 e. The van der Waals surface area contributed by atoms with E-state index in [1.165, 1.54) is 5.39 Å². The Morgan fingerprint density at radius 2 is 1.46 bits per heavy atom. The summed E-state index contributed by atoms with van der Waals surface area (Å²) in [6.45, 7) is 0.412. The number of hydrazone groups is 1. The van der Waals surface area contributed by atoms with Gasteiger partial charge in [0.1, 0.15) is 12.4 Å². The monoisotopic (exact) mass is 490 g/mol. The number of nitrogens with one attached hydrogen (secondary N) is 1. The molecular formula is C31H26N2O4. The van der Waals surface area contributed by atoms with Crippen LogP contribution < -0.4 is 19.6 Å². The van der Waals surface area contributed by atoms with Crippen molar-refractivity contribution in [2.75, 3.05) is 14.2 Å². The summed E-state index contributed by atoms with van der Waals surface area (Å²) in [7, 11) is 3.13. The van der Waals surface area contributed by atoms with E-state index in [0.29, 0.717) is 29.4 Å². The predicted octanol–water partition coefficient (Wildman–Crippen LogP) is 6.35. The van der Waals surface area contributed by atoms with Gasteiger partial charge in [-0.2, -0.15) is 5.10 Å². The maximum absolute atomic E-state index is 12.8. The molecule has 0 radical (unpaired) electrons. The van der Waals surface area contributed by atoms with Crippen LogP contribution >= 0.6 is 0 Å². The van der Waals surface area contributed by atoms with Crippen molar-refractivity contribution in [2.45, 2.75) is 6.61 Å². The first-order chi connectivity index (χ1) is 18.2. The minimum atomic E-state index is -0.360. The Labute approximate surface area is 215 Å². The van der Waals surface area contributed by atoms with Gasteiger partial charge in [0.05, 0.1) is 26.0 Å². The van der Waals surface area contributed by atoms with E-state index in [4.69, 9.17) is 14.2 Å². The van der Waals surface area contributed by atoms with E-state index in [2.05, 4.69) is 34.8 Å². The summed E-state index contributed by atoms with van der Waals surface area (Å²) in [6.07, 6.45) is 1.56. The molecule has 0 fully saturated rings. The summed E-state index contributed by atoms with van der Waals surface area (Å²) < 4.78 is 17.0. The molecule has 1 amide bonds. The number of nitrogens with zero attached hydrogens (tertiary/aromatic N) is 1. The number of hydrogen-bond donors (Lipinski definition) is 1. The number of fused-ring (bicyclic) bond motifs is 2. The molecule has 0 aliphatic heterocycles. The van der Waals surface area contributed by atoms with Crippen LogP contribution in [0.1, 0.15) is 21.5 Å². The molecule has 5 aromatic rings. The van der Waals surface area contributed by atoms with Gasteiger partial charge < -0.3 is 14.2 Å². The molecule has 0 aromatic heterocycles. The van der Waals surface area contributed by atoms with Gasteiger partial charge in [0.25, 0.3) is 5.91 Å². The number of methoxy groups -OCH3 is 2. The summed E-state index contributed by atoms with van der Waals surface area (Å²) in [5.74, 6) is 1.32. The van der Waals surface area contributed by atoms with Crippen molar-refractivity contribution >= 4 is 33.7 Å². The summed E-state index contributed by atoms with van der Waals surface area (Å²) >= 11 is 0. The summed E-state index contributed by atoms with van der Waals surface area (Å²) in [5, 5.41) is 8.40. The lowest BCUT2D eigenvalue weighted by atomic mass is 10.1. The topological polar surface area (TPSA) is 69.2 Å². The van der Waals surface area contributed by atoms with Crippen LogP contribution in [0, 0.1) is 0 Å². The maximum Gasteiger partial charge on any atom is 0.275 e. The van der Waals surface area contributed by atoms with Crippen LogP contribution in [0.15, 0.2) is 102 Å². The van der Waals surface area contributed by atoms with Crippen LogP contribution in [0.5, 0.6) is 17.2 Å². The van der Waals surface area contributed by atoms with E-state index in [0.717, 1.165) is 27.3 Å². The first-order valence-corrected chi connectivity index (χ1v) is 11.8. The minimum Gasteiger partial charge on any atom is -0.496 e. The number of benzene rings is 5. The van der Waals surface area contributed by atoms with Gasteiger partial charge in [-0.25, -0.2) is 5.43 Å². The second-order valence-electron chi connectivity index (χ2n) is 8.44. The fourth-order valence-electron chi connectivity index (χ4n) is 4.25. The van der Waals surface area contributed by atoms with Gasteiger partial charge in [0, 0.05) is 0 Å². The van der Waals surface area contributed by atoms with Gasteiger partial charge in [-0.3, -0.25) is 4.79 Å². The van der Waals surface area contributed by atoms with E-state index in [-0.39, 0.29) is 5.91 Å². The molecule has 0 saturated carbocycles. The molecule has 5 aromatic carbocycles. The van der Waals surface area contributed by atoms with Gasteiger partial charge >= 0.3 is 0 Å². The van der Waals surface area contributed by atoms with Crippen molar-refractivity contribution in [2.24, 2.45) is 5.10 Å². The van der Waals surface area contributed by atoms with Gasteiger partial charge in [0.15, 0.2) is 11.5 Å². The van der Waals surface area contributed by atoms with Crippen LogP contribution in [-0.4, -0.2) is 26.3 Å². The lowest BCUT2D eigenvalue weighted by Crippen LogP contribution is -2.18. The third-order valence-electron chi connectivity index (χ3n) is 6.14. The molecule has 0 unspecified atom stereocenters. The summed E-state index contributed by atoms with van der Waals surface area (Å²) in [5.41, 5.74) is 4.84. The van der Waals surface area contributed by atoms with Crippen molar-refractivity contribution in [1.82, 2.24) is 5.43 Å². The lowest BCUT2D eigenvalue weighted by molar-refractivity contribution is 0.0952. The summed E-state index contributed by atoms with van der Waals surface area (Å²) in [4.78, 5) is 12.8. The zero-order valence-corrected chi connectivity index (χ0v) is 20.6. The number of hydrogen-bond acceptors (Lipinski definition) is 5. The zero-order valence-electron chi connectivity index (χ0n) is 20.6. The molecule has 0 atom stereocenters. The van der Waals surface area contributed by atoms with Crippen LogP contribution in [0.2, 0.25) is 0 Å². The SMILES string of the molecule is COc1cc(/C=N\NC(=O)c2cc3ccccc3cc2OC)ccc1OCc1cccc2ccccc12. The molecule has 0 aliphatic carbocycles. The van der Waals surface area contributed by atoms with Crippen molar-refractivity contribution in [3.8, 4) is 17.2 Å². The highest BCUT2D eigenvalue weighted by Gasteiger charge is 2.13. The summed E-state index contributed by atoms with van der Waals surface area (Å²) in [6, 6.07) is 31.3. The Morgan fingerprint density at radius 1 is 0.757 bits per heavy atom. The predicted molar refractivity (Wildman–Crippen MR) is 147 cm³/mol. The number of ether oxygens (including phenoxy) is 3. The molecule has 6 nitrogen and oxygen atoms in total. The number of carbonyl (C=O) groups excluding carboxylic acids is 1. The van der Waals surface area contributed by atoms with Crippen molar-refractivity contribution in [1.29, 1.82) is 0 Å². The molecule has 0 heterocycles. The van der Waals surface area contributed by atoms with Gasteiger partial charge in [-0.05, 0) is 63.0 Å². The highest BCUT2D eigenvalue weighted by molar-refractivity contribution is 6.02. The van der Waals surface area contributed by atoms with Crippen molar-refractivity contribution in [3.63, 3.8) is 0 Å². The first-order valence-electron chi connectivity index (χ1n) is 11.8. The molecular weight excluding hydrogens is 464 g/mol. The first kappa shape index (κ1) is 23.9. The highest BCUT2D eigenvalue weighted by atomic mass is 16.5. The maximum atomic E-state index is 12.8. The van der Waals surface area contributed by atoms with Crippen LogP contribution in [0.4, 0.5) is 0 Å². The van der Waals surface area contributed by atoms with Crippen molar-refractivity contribution in [3.05, 3.63) is 114 Å². The standard InChI is InChI=1S/C31H26N2O4/c1-35-29-18-24-10-4-3-9-23(24)17-27(29)31(34)33-32-19-21-14-15-28(30(16-21)36-2)37-20-25-12-7-11-22-8-5-6-13-26(22)25/h3-19H,20H2,1-2H3,(H,33,34)/b32-19-. The van der Waals surface area contributed by atoms with Gasteiger partial charge in [-0.1, -0.05) is 66.7 Å². The third-order valence-corrected chi connectivity index (χ3v) is 6.14. The second kappa shape index (κ2) is 10.8. The molecule has 5 rings (SSSR count). The highest BCUT2D eigenvalue weighted by Crippen LogP contribution is 2.30. The normalized spacial score (nSPS) is 11.1. The molecule has 37 heavy (non-hydrogen) atoms. The average Bonchev–Trinajstić information content (AvgIpc) is 2.95. The second-order valence-corrected chi connectivity index (χ2v) is 8.44. The molecule has 184 valence electrons. The molecule has 0 saturated heterocycles. The molecule has 6 heteroatoms. The van der Waals surface area contributed by atoms with E-state index in [1.807, 2.05) is 66.7 Å². The Kier molecular flexibility index (Phi) is 6.99. The molecule has 0 bridgehead atoms. The Bertz CT molecular complexity index is 1610. The fourth-order valence-corrected chi connectivity index (χ4v) is 4.25. The lowest BCUT2D eigenvalue weighted by Gasteiger charge is -2.13. The fraction of sp³-hybridized carbons (Fsp3) is 0.0968. The Morgan fingerprint density at radius 3 is 2.24 bits per heavy atom.